The Kier molecular flexibility index (Phi) is 5.22. The maximum absolute atomic E-state index is 6.14. The number of hydrogen-bond donors (Lipinski definition) is 0. The lowest BCUT2D eigenvalue weighted by Crippen LogP contribution is -2.67. The lowest BCUT2D eigenvalue weighted by Gasteiger charge is -2.61. The van der Waals surface area contributed by atoms with Gasteiger partial charge in [-0.1, -0.05) is 6.92 Å². The molecule has 5 nitrogen and oxygen atoms in total. The number of rotatable bonds is 2. The molecular weight excluding hydrogens is 436 g/mol. The quantitative estimate of drug-likeness (QED) is 0.560. The van der Waals surface area contributed by atoms with Gasteiger partial charge >= 0.3 is 0 Å². The molecular formula is C30H40N2O3. The zero-order valence-electron chi connectivity index (χ0n) is 22.8. The topological polar surface area (TPSA) is 34.2 Å². The Hall–Kier alpha value is -2.24. The van der Waals surface area contributed by atoms with Crippen molar-refractivity contribution in [2.24, 2.45) is 0 Å². The van der Waals surface area contributed by atoms with Gasteiger partial charge in [-0.25, -0.2) is 0 Å². The fourth-order valence-electron chi connectivity index (χ4n) is 8.17. The predicted octanol–water partition coefficient (Wildman–Crippen LogP) is 5.64. The molecule has 0 amide bonds. The monoisotopic (exact) mass is 476 g/mol. The maximum atomic E-state index is 6.14. The van der Waals surface area contributed by atoms with Crippen molar-refractivity contribution in [3.05, 3.63) is 50.1 Å². The summed E-state index contributed by atoms with van der Waals surface area (Å²) in [4.78, 5) is 5.56. The molecule has 188 valence electrons. The predicted molar refractivity (Wildman–Crippen MR) is 139 cm³/mol. The summed E-state index contributed by atoms with van der Waals surface area (Å²) in [5.74, 6) is 2.82. The largest absolute Gasteiger partial charge is 0.496 e. The Balaban J connectivity index is 1.61. The van der Waals surface area contributed by atoms with Crippen LogP contribution in [0.5, 0.6) is 17.2 Å². The number of ether oxygens (including phenoxy) is 3. The van der Waals surface area contributed by atoms with Gasteiger partial charge in [0.25, 0.3) is 0 Å². The minimum absolute atomic E-state index is 0.289. The van der Waals surface area contributed by atoms with Crippen molar-refractivity contribution >= 4 is 0 Å². The van der Waals surface area contributed by atoms with Gasteiger partial charge in [0.05, 0.1) is 13.2 Å². The smallest absolute Gasteiger partial charge is 0.231 e. The van der Waals surface area contributed by atoms with Crippen LogP contribution in [-0.2, 0) is 12.8 Å². The van der Waals surface area contributed by atoms with Crippen LogP contribution in [0.1, 0.15) is 82.4 Å². The molecule has 4 aliphatic rings. The first-order chi connectivity index (χ1) is 16.7. The molecule has 6 rings (SSSR count). The summed E-state index contributed by atoms with van der Waals surface area (Å²) < 4.78 is 18.2. The summed E-state index contributed by atoms with van der Waals surface area (Å²) in [6, 6.07) is 1.99. The number of piperazine rings is 1. The van der Waals surface area contributed by atoms with Crippen molar-refractivity contribution < 1.29 is 14.2 Å². The number of benzene rings is 2. The zero-order chi connectivity index (χ0) is 24.9. The van der Waals surface area contributed by atoms with E-state index in [1.54, 1.807) is 18.2 Å². The second-order valence-corrected chi connectivity index (χ2v) is 11.3. The minimum Gasteiger partial charge on any atom is -0.496 e. The van der Waals surface area contributed by atoms with Crippen LogP contribution in [0.25, 0.3) is 0 Å². The van der Waals surface area contributed by atoms with E-state index in [9.17, 15) is 0 Å². The van der Waals surface area contributed by atoms with Crippen molar-refractivity contribution in [2.75, 3.05) is 21.0 Å². The summed E-state index contributed by atoms with van der Waals surface area (Å²) >= 11 is 0. The van der Waals surface area contributed by atoms with Gasteiger partial charge in [-0.2, -0.15) is 0 Å². The molecule has 35 heavy (non-hydrogen) atoms. The van der Waals surface area contributed by atoms with Crippen molar-refractivity contribution in [1.29, 1.82) is 0 Å². The Labute approximate surface area is 210 Å². The van der Waals surface area contributed by atoms with E-state index in [0.717, 1.165) is 42.1 Å². The third-order valence-electron chi connectivity index (χ3n) is 10.1. The molecule has 0 spiro atoms. The van der Waals surface area contributed by atoms with Gasteiger partial charge in [-0.05, 0) is 101 Å². The van der Waals surface area contributed by atoms with E-state index in [0.29, 0.717) is 31.0 Å². The van der Waals surface area contributed by atoms with Crippen LogP contribution in [-0.4, -0.2) is 48.9 Å². The summed E-state index contributed by atoms with van der Waals surface area (Å²) in [5, 5.41) is 0. The third kappa shape index (κ3) is 2.83. The fraction of sp³-hybridized carbons (Fsp3) is 0.600. The summed E-state index contributed by atoms with van der Waals surface area (Å²) in [6.07, 6.45) is 3.12. The van der Waals surface area contributed by atoms with E-state index < -0.39 is 0 Å². The molecule has 2 aromatic carbocycles. The molecule has 2 aromatic rings. The maximum Gasteiger partial charge on any atom is 0.231 e. The van der Waals surface area contributed by atoms with E-state index in [4.69, 9.17) is 14.2 Å². The van der Waals surface area contributed by atoms with Crippen molar-refractivity contribution in [2.45, 2.75) is 97.9 Å². The zero-order valence-corrected chi connectivity index (χ0v) is 22.8. The highest BCUT2D eigenvalue weighted by Crippen LogP contribution is 2.58. The van der Waals surface area contributed by atoms with Gasteiger partial charge in [0.1, 0.15) is 5.75 Å². The highest BCUT2D eigenvalue weighted by atomic mass is 16.7. The number of nitrogens with zero attached hydrogens (tertiary/aromatic N) is 2. The molecule has 1 saturated heterocycles. The lowest BCUT2D eigenvalue weighted by atomic mass is 9.69. The Morgan fingerprint density at radius 3 is 2.17 bits per heavy atom. The van der Waals surface area contributed by atoms with Crippen molar-refractivity contribution in [3.8, 4) is 17.2 Å². The highest BCUT2D eigenvalue weighted by Gasteiger charge is 2.54. The summed E-state index contributed by atoms with van der Waals surface area (Å²) in [7, 11) is 4.17. The second kappa shape index (κ2) is 7.88. The molecule has 0 N–H and O–H groups in total. The van der Waals surface area contributed by atoms with Crippen LogP contribution < -0.4 is 14.2 Å². The van der Waals surface area contributed by atoms with Crippen LogP contribution in [0.3, 0.4) is 0 Å². The normalized spacial score (nSPS) is 29.0. The van der Waals surface area contributed by atoms with Gasteiger partial charge in [0, 0.05) is 40.9 Å². The van der Waals surface area contributed by atoms with E-state index in [-0.39, 0.29) is 6.04 Å². The molecule has 0 aliphatic carbocycles. The number of likely N-dealkylation sites (N-methyl/N-ethyl adjacent to an activating group) is 1. The van der Waals surface area contributed by atoms with Crippen LogP contribution in [0.2, 0.25) is 0 Å². The average molecular weight is 477 g/mol. The standard InChI is InChI=1S/C30H40N2O3/c1-10-22-26-21(28(33-9)18(6)29-30(26)35-13-34-29)12-24-27-25-17(5)15(3)14(2)16(4)20(25)11-23(31(27)8)19(7)32(22)24/h19,22-24,27H,10-13H2,1-9H3/t19-,22-,23?,24?,27-/m0/s1. The van der Waals surface area contributed by atoms with E-state index in [1.165, 1.54) is 33.4 Å². The average Bonchev–Trinajstić information content (AvgIpc) is 3.34. The van der Waals surface area contributed by atoms with E-state index in [1.807, 2.05) is 0 Å². The van der Waals surface area contributed by atoms with Crippen LogP contribution >= 0.6 is 0 Å². The SMILES string of the molecule is CC[C@H]1c2c(c(OC)c(C)c3c2OCO3)CC2[C@H]3c4c(C)c(C)c(C)c(C)c4CC([C@H](C)N21)N3C. The van der Waals surface area contributed by atoms with Gasteiger partial charge < -0.3 is 14.2 Å². The minimum atomic E-state index is 0.289. The van der Waals surface area contributed by atoms with Crippen LogP contribution in [0.15, 0.2) is 0 Å². The molecule has 5 heteroatoms. The van der Waals surface area contributed by atoms with Gasteiger partial charge in [-0.15, -0.1) is 0 Å². The second-order valence-electron chi connectivity index (χ2n) is 11.3. The first kappa shape index (κ1) is 23.2. The number of hydrogen-bond acceptors (Lipinski definition) is 5. The molecule has 4 aliphatic heterocycles. The molecule has 2 unspecified atom stereocenters. The fourth-order valence-corrected chi connectivity index (χ4v) is 8.17. The first-order valence-corrected chi connectivity index (χ1v) is 13.3. The molecule has 4 heterocycles. The first-order valence-electron chi connectivity index (χ1n) is 13.3. The molecule has 0 aromatic heterocycles. The van der Waals surface area contributed by atoms with E-state index >= 15 is 0 Å². The summed E-state index contributed by atoms with van der Waals surface area (Å²) in [5.41, 5.74) is 12.8. The van der Waals surface area contributed by atoms with Gasteiger partial charge in [-0.3, -0.25) is 9.80 Å². The highest BCUT2D eigenvalue weighted by molar-refractivity contribution is 5.66. The molecule has 0 radical (unpaired) electrons. The molecule has 1 fully saturated rings. The Morgan fingerprint density at radius 2 is 1.49 bits per heavy atom. The molecule has 0 saturated carbocycles. The molecule has 2 bridgehead atoms. The Morgan fingerprint density at radius 1 is 0.829 bits per heavy atom. The third-order valence-corrected chi connectivity index (χ3v) is 10.1. The van der Waals surface area contributed by atoms with Crippen molar-refractivity contribution in [3.63, 3.8) is 0 Å². The lowest BCUT2D eigenvalue weighted by molar-refractivity contribution is -0.0854. The van der Waals surface area contributed by atoms with Gasteiger partial charge in [0.15, 0.2) is 11.5 Å². The van der Waals surface area contributed by atoms with Crippen LogP contribution in [0.4, 0.5) is 0 Å². The van der Waals surface area contributed by atoms with Crippen molar-refractivity contribution in [1.82, 2.24) is 9.80 Å². The molecule has 5 atom stereocenters. The van der Waals surface area contributed by atoms with Crippen LogP contribution in [0, 0.1) is 34.6 Å². The summed E-state index contributed by atoms with van der Waals surface area (Å²) in [6.45, 7) is 16.5. The number of fused-ring (bicyclic) bond motifs is 9. The number of methoxy groups -OCH3 is 1. The van der Waals surface area contributed by atoms with E-state index in [2.05, 4.69) is 65.3 Å². The Bertz CT molecular complexity index is 1240. The van der Waals surface area contributed by atoms with Gasteiger partial charge in [0.2, 0.25) is 6.79 Å².